The molecule has 1 N–H and O–H groups in total. The summed E-state index contributed by atoms with van der Waals surface area (Å²) < 4.78 is 15.3. The number of carbonyl (C=O) groups is 1. The molecule has 0 saturated heterocycles. The number of nitrogens with one attached hydrogen (secondary N) is 1. The maximum atomic E-state index is 13.5. The van der Waals surface area contributed by atoms with Crippen LogP contribution in [0.4, 0.5) is 4.39 Å². The zero-order chi connectivity index (χ0) is 16.2. The van der Waals surface area contributed by atoms with E-state index in [2.05, 4.69) is 16.5 Å². The number of halogens is 1. The molecule has 0 fully saturated rings. The summed E-state index contributed by atoms with van der Waals surface area (Å²) in [5.74, 6) is -0.425. The quantitative estimate of drug-likeness (QED) is 0.786. The lowest BCUT2D eigenvalue weighted by Crippen LogP contribution is -2.24. The summed E-state index contributed by atoms with van der Waals surface area (Å²) in [5.41, 5.74) is 2.66. The average Bonchev–Trinajstić information content (AvgIpc) is 2.94. The lowest BCUT2D eigenvalue weighted by atomic mass is 10.2. The van der Waals surface area contributed by atoms with Crippen LogP contribution in [0, 0.1) is 12.7 Å². The Balaban J connectivity index is 1.58. The van der Waals surface area contributed by atoms with Gasteiger partial charge in [-0.2, -0.15) is 5.10 Å². The van der Waals surface area contributed by atoms with Crippen molar-refractivity contribution >= 4 is 16.8 Å². The fourth-order valence-electron chi connectivity index (χ4n) is 2.49. The second kappa shape index (κ2) is 6.60. The van der Waals surface area contributed by atoms with Crippen LogP contribution < -0.4 is 5.32 Å². The molecule has 5 heteroatoms. The molecule has 3 rings (SSSR count). The summed E-state index contributed by atoms with van der Waals surface area (Å²) in [6, 6.07) is 12.6. The normalized spacial score (nSPS) is 10.9. The van der Waals surface area contributed by atoms with E-state index in [0.717, 1.165) is 16.5 Å². The molecular weight excluding hydrogens is 293 g/mol. The Kier molecular flexibility index (Phi) is 4.37. The molecule has 0 atom stereocenters. The van der Waals surface area contributed by atoms with Crippen LogP contribution in [0.1, 0.15) is 17.5 Å². The minimum Gasteiger partial charge on any atom is -0.352 e. The number of hydrogen-bond acceptors (Lipinski definition) is 2. The van der Waals surface area contributed by atoms with Crippen molar-refractivity contribution in [1.82, 2.24) is 15.1 Å². The first kappa shape index (κ1) is 15.2. The minimum atomic E-state index is -0.304. The van der Waals surface area contributed by atoms with Gasteiger partial charge in [-0.05, 0) is 24.6 Å². The number of hydrogen-bond donors (Lipinski definition) is 1. The monoisotopic (exact) mass is 311 g/mol. The molecule has 0 spiro atoms. The topological polar surface area (TPSA) is 46.9 Å². The van der Waals surface area contributed by atoms with Gasteiger partial charge < -0.3 is 5.32 Å². The van der Waals surface area contributed by atoms with Gasteiger partial charge in [0.05, 0.1) is 18.3 Å². The molecule has 0 aliphatic rings. The van der Waals surface area contributed by atoms with E-state index in [1.807, 2.05) is 23.7 Å². The van der Waals surface area contributed by atoms with Gasteiger partial charge in [0.15, 0.2) is 0 Å². The predicted octanol–water partition coefficient (Wildman–Crippen LogP) is 3.19. The Hall–Kier alpha value is -2.69. The molecular formula is C18H18FN3O. The molecule has 0 aliphatic carbocycles. The second-order valence-corrected chi connectivity index (χ2v) is 5.55. The van der Waals surface area contributed by atoms with Gasteiger partial charge in [-0.1, -0.05) is 30.3 Å². The molecule has 0 unspecified atom stereocenters. The first-order valence-corrected chi connectivity index (χ1v) is 7.56. The summed E-state index contributed by atoms with van der Waals surface area (Å²) in [6.07, 6.45) is 2.10. The average molecular weight is 311 g/mol. The van der Waals surface area contributed by atoms with Crippen molar-refractivity contribution < 1.29 is 9.18 Å². The summed E-state index contributed by atoms with van der Waals surface area (Å²) in [6.45, 7) is 2.72. The first-order valence-electron chi connectivity index (χ1n) is 7.56. The third kappa shape index (κ3) is 3.56. The molecule has 1 heterocycles. The minimum absolute atomic E-state index is 0.121. The number of fused-ring (bicyclic) bond motifs is 1. The van der Waals surface area contributed by atoms with Gasteiger partial charge >= 0.3 is 0 Å². The van der Waals surface area contributed by atoms with Crippen LogP contribution >= 0.6 is 0 Å². The number of carbonyl (C=O) groups excluding carboxylic acids is 1. The van der Waals surface area contributed by atoms with Gasteiger partial charge in [0.2, 0.25) is 5.91 Å². The highest BCUT2D eigenvalue weighted by molar-refractivity contribution is 5.80. The Labute approximate surface area is 133 Å². The fourth-order valence-corrected chi connectivity index (χ4v) is 2.49. The van der Waals surface area contributed by atoms with Crippen LogP contribution in [0.5, 0.6) is 0 Å². The molecule has 1 aromatic heterocycles. The Morgan fingerprint density at radius 3 is 2.91 bits per heavy atom. The summed E-state index contributed by atoms with van der Waals surface area (Å²) in [7, 11) is 0. The Bertz CT molecular complexity index is 841. The smallest absolute Gasteiger partial charge is 0.222 e. The summed E-state index contributed by atoms with van der Waals surface area (Å²) >= 11 is 0. The number of aromatic nitrogens is 2. The lowest BCUT2D eigenvalue weighted by molar-refractivity contribution is -0.121. The highest BCUT2D eigenvalue weighted by Gasteiger charge is 2.07. The highest BCUT2D eigenvalue weighted by Crippen LogP contribution is 2.15. The van der Waals surface area contributed by atoms with Crippen LogP contribution in [-0.4, -0.2) is 15.7 Å². The van der Waals surface area contributed by atoms with Gasteiger partial charge in [0.1, 0.15) is 5.82 Å². The van der Waals surface area contributed by atoms with Crippen molar-refractivity contribution in [2.75, 3.05) is 0 Å². The van der Waals surface area contributed by atoms with Crippen LogP contribution in [0.25, 0.3) is 10.9 Å². The molecule has 4 nitrogen and oxygen atoms in total. The van der Waals surface area contributed by atoms with E-state index >= 15 is 0 Å². The molecule has 3 aromatic rings. The van der Waals surface area contributed by atoms with Crippen LogP contribution in [0.2, 0.25) is 0 Å². The molecule has 23 heavy (non-hydrogen) atoms. The first-order chi connectivity index (χ1) is 11.1. The third-order valence-corrected chi connectivity index (χ3v) is 3.78. The van der Waals surface area contributed by atoms with E-state index in [9.17, 15) is 9.18 Å². The molecule has 1 amide bonds. The second-order valence-electron chi connectivity index (χ2n) is 5.55. The summed E-state index contributed by atoms with van der Waals surface area (Å²) in [5, 5.41) is 8.12. The van der Waals surface area contributed by atoms with Crippen LogP contribution in [-0.2, 0) is 17.9 Å². The number of rotatable bonds is 5. The van der Waals surface area contributed by atoms with Crippen molar-refractivity contribution in [2.24, 2.45) is 0 Å². The number of nitrogens with zero attached hydrogens (tertiary/aromatic N) is 2. The van der Waals surface area contributed by atoms with Crippen molar-refractivity contribution in [2.45, 2.75) is 26.4 Å². The van der Waals surface area contributed by atoms with E-state index in [4.69, 9.17) is 0 Å². The largest absolute Gasteiger partial charge is 0.352 e. The molecule has 0 aliphatic heterocycles. The lowest BCUT2D eigenvalue weighted by Gasteiger charge is -2.07. The van der Waals surface area contributed by atoms with Crippen LogP contribution in [0.3, 0.4) is 0 Å². The molecule has 0 bridgehead atoms. The van der Waals surface area contributed by atoms with Gasteiger partial charge in [-0.15, -0.1) is 0 Å². The van der Waals surface area contributed by atoms with E-state index in [1.54, 1.807) is 24.4 Å². The maximum Gasteiger partial charge on any atom is 0.222 e. The summed E-state index contributed by atoms with van der Waals surface area (Å²) in [4.78, 5) is 12.0. The van der Waals surface area contributed by atoms with Crippen molar-refractivity contribution in [3.63, 3.8) is 0 Å². The number of amides is 1. The molecule has 0 saturated carbocycles. The van der Waals surface area contributed by atoms with E-state index in [-0.39, 0.29) is 18.3 Å². The Morgan fingerprint density at radius 1 is 1.26 bits per heavy atom. The van der Waals surface area contributed by atoms with E-state index < -0.39 is 0 Å². The maximum absolute atomic E-state index is 13.5. The molecule has 0 radical (unpaired) electrons. The zero-order valence-electron chi connectivity index (χ0n) is 12.9. The van der Waals surface area contributed by atoms with Gasteiger partial charge in [-0.25, -0.2) is 4.39 Å². The molecule has 118 valence electrons. The standard InChI is InChI=1S/C18H18FN3O/c1-13-6-7-15-12-21-22(17(15)10-13)9-8-18(23)20-11-14-4-2-3-5-16(14)19/h2-7,10,12H,8-9,11H2,1H3,(H,20,23). The number of benzene rings is 2. The van der Waals surface area contributed by atoms with Crippen molar-refractivity contribution in [3.8, 4) is 0 Å². The zero-order valence-corrected chi connectivity index (χ0v) is 12.9. The Morgan fingerprint density at radius 2 is 2.09 bits per heavy atom. The van der Waals surface area contributed by atoms with Crippen molar-refractivity contribution in [3.05, 3.63) is 65.6 Å². The number of aryl methyl sites for hydroxylation is 2. The van der Waals surface area contributed by atoms with Gasteiger partial charge in [0, 0.05) is 23.9 Å². The van der Waals surface area contributed by atoms with Crippen molar-refractivity contribution in [1.29, 1.82) is 0 Å². The third-order valence-electron chi connectivity index (χ3n) is 3.78. The van der Waals surface area contributed by atoms with E-state index in [0.29, 0.717) is 18.5 Å². The van der Waals surface area contributed by atoms with Gasteiger partial charge in [0.25, 0.3) is 0 Å². The SMILES string of the molecule is Cc1ccc2cnn(CCC(=O)NCc3ccccc3F)c2c1. The predicted molar refractivity (Wildman–Crippen MR) is 87.3 cm³/mol. The fraction of sp³-hybridized carbons (Fsp3) is 0.222. The molecule has 2 aromatic carbocycles. The highest BCUT2D eigenvalue weighted by atomic mass is 19.1. The van der Waals surface area contributed by atoms with Crippen LogP contribution in [0.15, 0.2) is 48.7 Å². The van der Waals surface area contributed by atoms with Gasteiger partial charge in [-0.3, -0.25) is 9.48 Å². The van der Waals surface area contributed by atoms with E-state index in [1.165, 1.54) is 6.07 Å².